The number of primary amides is 1. The van der Waals surface area contributed by atoms with Gasteiger partial charge in [-0.1, -0.05) is 0 Å². The third-order valence-corrected chi connectivity index (χ3v) is 4.36. The molecular formula is C12H16N4O2S. The van der Waals surface area contributed by atoms with Gasteiger partial charge < -0.3 is 22.1 Å². The molecule has 2 saturated carbocycles. The second-order valence-electron chi connectivity index (χ2n) is 5.08. The molecule has 2 fully saturated rings. The van der Waals surface area contributed by atoms with Crippen LogP contribution in [-0.4, -0.2) is 23.9 Å². The highest BCUT2D eigenvalue weighted by Gasteiger charge is 2.31. The monoisotopic (exact) mass is 280 g/mol. The van der Waals surface area contributed by atoms with Gasteiger partial charge in [0.05, 0.1) is 11.3 Å². The molecule has 0 atom stereocenters. The number of nitrogens with two attached hydrogens (primary N) is 2. The summed E-state index contributed by atoms with van der Waals surface area (Å²) in [6.07, 6.45) is 4.15. The minimum absolute atomic E-state index is 0.193. The van der Waals surface area contributed by atoms with E-state index in [1.54, 1.807) is 0 Å². The van der Waals surface area contributed by atoms with Crippen LogP contribution in [0.25, 0.3) is 0 Å². The number of hydrogen-bond acceptors (Lipinski definition) is 5. The Hall–Kier alpha value is -1.76. The Kier molecular flexibility index (Phi) is 2.85. The van der Waals surface area contributed by atoms with E-state index in [0.717, 1.165) is 25.7 Å². The van der Waals surface area contributed by atoms with E-state index in [1.165, 1.54) is 11.3 Å². The number of carbonyl (C=O) groups is 2. The minimum atomic E-state index is -0.595. The molecule has 1 aromatic heterocycles. The lowest BCUT2D eigenvalue weighted by molar-refractivity contribution is 0.0955. The number of anilines is 2. The average Bonchev–Trinajstić information content (AvgIpc) is 3.21. The van der Waals surface area contributed by atoms with Gasteiger partial charge in [-0.2, -0.15) is 0 Å². The molecule has 7 heteroatoms. The predicted octanol–water partition coefficient (Wildman–Crippen LogP) is 0.896. The maximum atomic E-state index is 12.0. The van der Waals surface area contributed by atoms with Gasteiger partial charge in [0.15, 0.2) is 0 Å². The second kappa shape index (κ2) is 4.41. The molecule has 6 nitrogen and oxygen atoms in total. The molecule has 2 aliphatic rings. The highest BCUT2D eigenvalue weighted by Crippen LogP contribution is 2.38. The molecule has 2 amide bonds. The normalized spacial score (nSPS) is 18.1. The Morgan fingerprint density at radius 3 is 2.32 bits per heavy atom. The third-order valence-electron chi connectivity index (χ3n) is 3.22. The Morgan fingerprint density at radius 1 is 1.16 bits per heavy atom. The molecule has 0 aromatic carbocycles. The van der Waals surface area contributed by atoms with Gasteiger partial charge in [0.2, 0.25) is 0 Å². The SMILES string of the molecule is NC(=O)c1c(NC2CC2)sc(C(=O)NC2CC2)c1N. The van der Waals surface area contributed by atoms with Crippen molar-refractivity contribution >= 4 is 33.8 Å². The van der Waals surface area contributed by atoms with Crippen LogP contribution in [0, 0.1) is 0 Å². The lowest BCUT2D eigenvalue weighted by Crippen LogP contribution is -2.25. The quantitative estimate of drug-likeness (QED) is 0.642. The van der Waals surface area contributed by atoms with Crippen LogP contribution in [0.3, 0.4) is 0 Å². The minimum Gasteiger partial charge on any atom is -0.397 e. The number of carbonyl (C=O) groups excluding carboxylic acids is 2. The fraction of sp³-hybridized carbons (Fsp3) is 0.500. The van der Waals surface area contributed by atoms with Gasteiger partial charge in [0.25, 0.3) is 11.8 Å². The molecule has 0 spiro atoms. The van der Waals surface area contributed by atoms with E-state index in [0.29, 0.717) is 15.9 Å². The Labute approximate surface area is 114 Å². The van der Waals surface area contributed by atoms with Gasteiger partial charge in [0.1, 0.15) is 9.88 Å². The summed E-state index contributed by atoms with van der Waals surface area (Å²) in [5.74, 6) is -0.807. The molecule has 0 saturated heterocycles. The van der Waals surface area contributed by atoms with Crippen molar-refractivity contribution in [2.24, 2.45) is 5.73 Å². The van der Waals surface area contributed by atoms with Gasteiger partial charge >= 0.3 is 0 Å². The van der Waals surface area contributed by atoms with Crippen LogP contribution in [0.2, 0.25) is 0 Å². The lowest BCUT2D eigenvalue weighted by atomic mass is 10.2. The largest absolute Gasteiger partial charge is 0.397 e. The Morgan fingerprint density at radius 2 is 1.79 bits per heavy atom. The van der Waals surface area contributed by atoms with Crippen molar-refractivity contribution in [3.8, 4) is 0 Å². The molecule has 3 rings (SSSR count). The number of hydrogen-bond donors (Lipinski definition) is 4. The zero-order chi connectivity index (χ0) is 13.6. The van der Waals surface area contributed by atoms with Crippen molar-refractivity contribution in [1.29, 1.82) is 0 Å². The molecule has 1 aromatic rings. The van der Waals surface area contributed by atoms with Crippen LogP contribution < -0.4 is 22.1 Å². The van der Waals surface area contributed by atoms with Crippen LogP contribution >= 0.6 is 11.3 Å². The summed E-state index contributed by atoms with van der Waals surface area (Å²) in [7, 11) is 0. The van der Waals surface area contributed by atoms with E-state index < -0.39 is 5.91 Å². The fourth-order valence-corrected chi connectivity index (χ4v) is 2.96. The van der Waals surface area contributed by atoms with Crippen molar-refractivity contribution in [3.05, 3.63) is 10.4 Å². The Balaban J connectivity index is 1.89. The molecule has 0 unspecified atom stereocenters. The summed E-state index contributed by atoms with van der Waals surface area (Å²) in [6, 6.07) is 0.626. The van der Waals surface area contributed by atoms with Crippen LogP contribution in [0.1, 0.15) is 45.7 Å². The Bertz CT molecular complexity index is 546. The van der Waals surface area contributed by atoms with E-state index in [4.69, 9.17) is 11.5 Å². The average molecular weight is 280 g/mol. The highest BCUT2D eigenvalue weighted by molar-refractivity contribution is 7.19. The van der Waals surface area contributed by atoms with E-state index in [9.17, 15) is 9.59 Å². The van der Waals surface area contributed by atoms with Gasteiger partial charge in [-0.15, -0.1) is 11.3 Å². The van der Waals surface area contributed by atoms with Crippen molar-refractivity contribution in [1.82, 2.24) is 5.32 Å². The van der Waals surface area contributed by atoms with Crippen LogP contribution in [-0.2, 0) is 0 Å². The van der Waals surface area contributed by atoms with Gasteiger partial charge in [0, 0.05) is 12.1 Å². The maximum absolute atomic E-state index is 12.0. The van der Waals surface area contributed by atoms with E-state index in [-0.39, 0.29) is 23.2 Å². The molecular weight excluding hydrogens is 264 g/mol. The lowest BCUT2D eigenvalue weighted by Gasteiger charge is -2.03. The maximum Gasteiger partial charge on any atom is 0.263 e. The molecule has 0 bridgehead atoms. The molecule has 102 valence electrons. The van der Waals surface area contributed by atoms with Crippen LogP contribution in [0.5, 0.6) is 0 Å². The molecule has 19 heavy (non-hydrogen) atoms. The first-order valence-electron chi connectivity index (χ1n) is 6.35. The standard InChI is InChI=1S/C12H16N4O2S/c13-8-7(10(14)17)12(16-6-3-4-6)19-9(8)11(18)15-5-1-2-5/h5-6,16H,1-4,13H2,(H2,14,17)(H,15,18). The first-order valence-corrected chi connectivity index (χ1v) is 7.17. The number of rotatable bonds is 5. The zero-order valence-electron chi connectivity index (χ0n) is 10.4. The summed E-state index contributed by atoms with van der Waals surface area (Å²) in [4.78, 5) is 23.9. The summed E-state index contributed by atoms with van der Waals surface area (Å²) < 4.78 is 0. The smallest absolute Gasteiger partial charge is 0.263 e. The molecule has 6 N–H and O–H groups in total. The summed E-state index contributed by atoms with van der Waals surface area (Å²) in [6.45, 7) is 0. The summed E-state index contributed by atoms with van der Waals surface area (Å²) in [5, 5.41) is 6.70. The molecule has 2 aliphatic carbocycles. The van der Waals surface area contributed by atoms with E-state index in [2.05, 4.69) is 10.6 Å². The van der Waals surface area contributed by atoms with Crippen molar-refractivity contribution < 1.29 is 9.59 Å². The first-order chi connectivity index (χ1) is 9.06. The van der Waals surface area contributed by atoms with Crippen LogP contribution in [0.15, 0.2) is 0 Å². The zero-order valence-corrected chi connectivity index (χ0v) is 11.2. The topological polar surface area (TPSA) is 110 Å². The molecule has 0 radical (unpaired) electrons. The van der Waals surface area contributed by atoms with Crippen molar-refractivity contribution in [2.45, 2.75) is 37.8 Å². The number of nitrogen functional groups attached to an aromatic ring is 1. The predicted molar refractivity (Wildman–Crippen MR) is 74.4 cm³/mol. The van der Waals surface area contributed by atoms with Gasteiger partial charge in [-0.25, -0.2) is 0 Å². The van der Waals surface area contributed by atoms with Crippen molar-refractivity contribution in [3.63, 3.8) is 0 Å². The van der Waals surface area contributed by atoms with Gasteiger partial charge in [-0.05, 0) is 25.7 Å². The highest BCUT2D eigenvalue weighted by atomic mass is 32.1. The molecule has 1 heterocycles. The van der Waals surface area contributed by atoms with Crippen molar-refractivity contribution in [2.75, 3.05) is 11.1 Å². The second-order valence-corrected chi connectivity index (χ2v) is 6.10. The summed E-state index contributed by atoms with van der Waals surface area (Å²) >= 11 is 1.21. The van der Waals surface area contributed by atoms with E-state index in [1.807, 2.05) is 0 Å². The van der Waals surface area contributed by atoms with E-state index >= 15 is 0 Å². The number of nitrogens with one attached hydrogen (secondary N) is 2. The fourth-order valence-electron chi connectivity index (χ4n) is 1.85. The first kappa shape index (κ1) is 12.3. The summed E-state index contributed by atoms with van der Waals surface area (Å²) in [5.41, 5.74) is 11.7. The number of thiophene rings is 1. The third kappa shape index (κ3) is 2.51. The number of amides is 2. The van der Waals surface area contributed by atoms with Crippen LogP contribution in [0.4, 0.5) is 10.7 Å². The van der Waals surface area contributed by atoms with Gasteiger partial charge in [-0.3, -0.25) is 9.59 Å². The molecule has 0 aliphatic heterocycles.